The zero-order chi connectivity index (χ0) is 16.9. The van der Waals surface area contributed by atoms with Crippen LogP contribution in [0.3, 0.4) is 0 Å². The molecule has 126 valence electrons. The minimum absolute atomic E-state index is 0.0478. The lowest BCUT2D eigenvalue weighted by Gasteiger charge is -2.24. The molecule has 6 heteroatoms. The van der Waals surface area contributed by atoms with E-state index in [1.165, 1.54) is 11.3 Å². The number of nitrogens with zero attached hydrogens (tertiary/aromatic N) is 2. The van der Waals surface area contributed by atoms with Crippen LogP contribution in [-0.4, -0.2) is 47.8 Å². The Hall–Kier alpha value is -2.18. The molecule has 2 amide bonds. The maximum Gasteiger partial charge on any atom is 0.263 e. The van der Waals surface area contributed by atoms with E-state index in [0.717, 1.165) is 16.9 Å². The van der Waals surface area contributed by atoms with Crippen LogP contribution in [-0.2, 0) is 4.79 Å². The fraction of sp³-hybridized carbons (Fsp3) is 0.333. The minimum atomic E-state index is -0.647. The van der Waals surface area contributed by atoms with Crippen LogP contribution in [0.1, 0.15) is 27.7 Å². The van der Waals surface area contributed by atoms with Crippen molar-refractivity contribution < 1.29 is 9.59 Å². The monoisotopic (exact) mass is 343 g/mol. The number of amides is 2. The van der Waals surface area contributed by atoms with Crippen LogP contribution >= 0.6 is 11.3 Å². The first kappa shape index (κ1) is 16.7. The molecule has 5 nitrogen and oxygen atoms in total. The third-order valence-electron chi connectivity index (χ3n) is 4.25. The Morgan fingerprint density at radius 2 is 1.67 bits per heavy atom. The molecule has 1 atom stereocenters. The normalized spacial score (nSPS) is 16.5. The molecule has 1 saturated heterocycles. The summed E-state index contributed by atoms with van der Waals surface area (Å²) in [5, 5.41) is 1.90. The Morgan fingerprint density at radius 3 is 2.38 bits per heavy atom. The highest BCUT2D eigenvalue weighted by molar-refractivity contribution is 7.12. The predicted octanol–water partition coefficient (Wildman–Crippen LogP) is 2.12. The summed E-state index contributed by atoms with van der Waals surface area (Å²) < 4.78 is 0. The van der Waals surface area contributed by atoms with Crippen LogP contribution in [0.25, 0.3) is 0 Å². The molecule has 24 heavy (non-hydrogen) atoms. The zero-order valence-corrected chi connectivity index (χ0v) is 14.2. The van der Waals surface area contributed by atoms with Crippen molar-refractivity contribution in [2.75, 3.05) is 26.2 Å². The molecule has 1 aromatic heterocycles. The summed E-state index contributed by atoms with van der Waals surface area (Å²) in [6.45, 7) is 2.37. The molecule has 2 N–H and O–H groups in total. The van der Waals surface area contributed by atoms with Crippen molar-refractivity contribution >= 4 is 23.2 Å². The molecule has 1 aliphatic heterocycles. The Kier molecular flexibility index (Phi) is 5.27. The molecule has 0 saturated carbocycles. The lowest BCUT2D eigenvalue weighted by Crippen LogP contribution is -2.41. The number of nitrogens with two attached hydrogens (primary N) is 1. The van der Waals surface area contributed by atoms with Crippen molar-refractivity contribution in [2.45, 2.75) is 12.5 Å². The lowest BCUT2D eigenvalue weighted by molar-refractivity contribution is -0.132. The van der Waals surface area contributed by atoms with Gasteiger partial charge >= 0.3 is 0 Å². The fourth-order valence-electron chi connectivity index (χ4n) is 2.90. The summed E-state index contributed by atoms with van der Waals surface area (Å²) in [4.78, 5) is 29.5. The summed E-state index contributed by atoms with van der Waals surface area (Å²) in [6, 6.07) is 12.5. The first-order chi connectivity index (χ1) is 11.7. The van der Waals surface area contributed by atoms with E-state index in [-0.39, 0.29) is 11.8 Å². The number of carbonyl (C=O) groups is 2. The average Bonchev–Trinajstić information content (AvgIpc) is 3.05. The molecule has 1 aromatic carbocycles. The van der Waals surface area contributed by atoms with Gasteiger partial charge in [0.1, 0.15) is 6.04 Å². The van der Waals surface area contributed by atoms with E-state index in [0.29, 0.717) is 26.2 Å². The van der Waals surface area contributed by atoms with Gasteiger partial charge in [-0.05, 0) is 23.4 Å². The van der Waals surface area contributed by atoms with Crippen molar-refractivity contribution in [3.05, 3.63) is 58.3 Å². The largest absolute Gasteiger partial charge is 0.339 e. The van der Waals surface area contributed by atoms with Gasteiger partial charge in [-0.2, -0.15) is 0 Å². The Balaban J connectivity index is 1.63. The lowest BCUT2D eigenvalue weighted by atomic mass is 10.1. The smallest absolute Gasteiger partial charge is 0.263 e. The van der Waals surface area contributed by atoms with E-state index in [9.17, 15) is 9.59 Å². The SMILES string of the molecule is N[C@@H](C(=O)N1CCCN(C(=O)c2cccs2)CC1)c1ccccc1. The van der Waals surface area contributed by atoms with E-state index in [4.69, 9.17) is 5.73 Å². The standard InChI is InChI=1S/C18H21N3O2S/c19-16(14-6-2-1-3-7-14)18(23)21-10-5-9-20(11-12-21)17(22)15-8-4-13-24-15/h1-4,6-8,13,16H,5,9-12,19H2/t16-/m1/s1. The van der Waals surface area contributed by atoms with Crippen LogP contribution in [0.4, 0.5) is 0 Å². The van der Waals surface area contributed by atoms with Gasteiger partial charge in [-0.25, -0.2) is 0 Å². The first-order valence-corrected chi connectivity index (χ1v) is 8.97. The first-order valence-electron chi connectivity index (χ1n) is 8.09. The molecule has 0 unspecified atom stereocenters. The van der Waals surface area contributed by atoms with Gasteiger partial charge in [0, 0.05) is 26.2 Å². The third-order valence-corrected chi connectivity index (χ3v) is 5.11. The van der Waals surface area contributed by atoms with E-state index >= 15 is 0 Å². The molecular weight excluding hydrogens is 322 g/mol. The van der Waals surface area contributed by atoms with Gasteiger partial charge in [0.05, 0.1) is 4.88 Å². The number of hydrogen-bond acceptors (Lipinski definition) is 4. The Bertz CT molecular complexity index is 688. The maximum absolute atomic E-state index is 12.7. The number of carbonyl (C=O) groups excluding carboxylic acids is 2. The van der Waals surface area contributed by atoms with Crippen molar-refractivity contribution in [2.24, 2.45) is 5.73 Å². The Morgan fingerprint density at radius 1 is 0.958 bits per heavy atom. The highest BCUT2D eigenvalue weighted by Gasteiger charge is 2.26. The van der Waals surface area contributed by atoms with Crippen LogP contribution < -0.4 is 5.73 Å². The van der Waals surface area contributed by atoms with Gasteiger partial charge in [0.2, 0.25) is 5.91 Å². The van der Waals surface area contributed by atoms with Gasteiger partial charge in [0.15, 0.2) is 0 Å². The second-order valence-electron chi connectivity index (χ2n) is 5.84. The van der Waals surface area contributed by atoms with Gasteiger partial charge in [-0.15, -0.1) is 11.3 Å². The van der Waals surface area contributed by atoms with E-state index < -0.39 is 6.04 Å². The summed E-state index contributed by atoms with van der Waals surface area (Å²) in [7, 11) is 0. The molecule has 1 aliphatic rings. The van der Waals surface area contributed by atoms with Crippen LogP contribution in [0.2, 0.25) is 0 Å². The van der Waals surface area contributed by atoms with E-state index in [1.807, 2.05) is 52.7 Å². The second kappa shape index (κ2) is 7.59. The number of hydrogen-bond donors (Lipinski definition) is 1. The maximum atomic E-state index is 12.7. The third kappa shape index (κ3) is 3.66. The van der Waals surface area contributed by atoms with Crippen LogP contribution in [0.5, 0.6) is 0 Å². The fourth-order valence-corrected chi connectivity index (χ4v) is 3.59. The molecule has 2 aromatic rings. The molecule has 0 aliphatic carbocycles. The summed E-state index contributed by atoms with van der Waals surface area (Å²) >= 11 is 1.45. The number of thiophene rings is 1. The van der Waals surface area contributed by atoms with Gasteiger partial charge in [-0.1, -0.05) is 36.4 Å². The van der Waals surface area contributed by atoms with Gasteiger partial charge in [0.25, 0.3) is 5.91 Å². The number of benzene rings is 1. The molecular formula is C18H21N3O2S. The Labute approximate surface area is 145 Å². The highest BCUT2D eigenvalue weighted by Crippen LogP contribution is 2.17. The van der Waals surface area contributed by atoms with Crippen molar-refractivity contribution in [3.63, 3.8) is 0 Å². The molecule has 2 heterocycles. The van der Waals surface area contributed by atoms with E-state index in [2.05, 4.69) is 0 Å². The molecule has 3 rings (SSSR count). The van der Waals surface area contributed by atoms with E-state index in [1.54, 1.807) is 4.90 Å². The molecule has 0 bridgehead atoms. The molecule has 0 spiro atoms. The number of rotatable bonds is 3. The second-order valence-corrected chi connectivity index (χ2v) is 6.78. The van der Waals surface area contributed by atoms with Crippen LogP contribution in [0, 0.1) is 0 Å². The summed E-state index contributed by atoms with van der Waals surface area (Å²) in [5.41, 5.74) is 6.94. The van der Waals surface area contributed by atoms with Gasteiger partial charge < -0.3 is 15.5 Å². The molecule has 1 fully saturated rings. The molecule has 0 radical (unpaired) electrons. The quantitative estimate of drug-likeness (QED) is 0.928. The summed E-state index contributed by atoms with van der Waals surface area (Å²) in [5.74, 6) is -0.0294. The van der Waals surface area contributed by atoms with Crippen molar-refractivity contribution in [1.82, 2.24) is 9.80 Å². The zero-order valence-electron chi connectivity index (χ0n) is 13.4. The van der Waals surface area contributed by atoms with Gasteiger partial charge in [-0.3, -0.25) is 9.59 Å². The van der Waals surface area contributed by atoms with Crippen molar-refractivity contribution in [1.29, 1.82) is 0 Å². The minimum Gasteiger partial charge on any atom is -0.339 e. The van der Waals surface area contributed by atoms with Crippen molar-refractivity contribution in [3.8, 4) is 0 Å². The van der Waals surface area contributed by atoms with Crippen LogP contribution in [0.15, 0.2) is 47.8 Å². The predicted molar refractivity (Wildman–Crippen MR) is 94.8 cm³/mol. The highest BCUT2D eigenvalue weighted by atomic mass is 32.1. The average molecular weight is 343 g/mol. The summed E-state index contributed by atoms with van der Waals surface area (Å²) in [6.07, 6.45) is 0.768. The topological polar surface area (TPSA) is 66.6 Å².